The van der Waals surface area contributed by atoms with Crippen molar-refractivity contribution in [2.45, 2.75) is 64.0 Å². The molecule has 1 amide bonds. The quantitative estimate of drug-likeness (QED) is 0.788. The summed E-state index contributed by atoms with van der Waals surface area (Å²) >= 11 is 0. The lowest BCUT2D eigenvalue weighted by molar-refractivity contribution is -0.128. The van der Waals surface area contributed by atoms with E-state index in [9.17, 15) is 4.79 Å². The SMILES string of the molecule is CC1CCC(N)C(C(=O)NC2CC3CCC2C3)C1. The predicted molar refractivity (Wildman–Crippen MR) is 71.9 cm³/mol. The zero-order valence-electron chi connectivity index (χ0n) is 11.4. The third kappa shape index (κ3) is 2.29. The summed E-state index contributed by atoms with van der Waals surface area (Å²) in [4.78, 5) is 12.4. The van der Waals surface area contributed by atoms with Crippen molar-refractivity contribution in [1.29, 1.82) is 0 Å². The molecular weight excluding hydrogens is 224 g/mol. The van der Waals surface area contributed by atoms with Crippen molar-refractivity contribution >= 4 is 5.91 Å². The van der Waals surface area contributed by atoms with Crippen molar-refractivity contribution in [3.63, 3.8) is 0 Å². The van der Waals surface area contributed by atoms with Crippen molar-refractivity contribution in [3.8, 4) is 0 Å². The Labute approximate surface area is 110 Å². The van der Waals surface area contributed by atoms with Gasteiger partial charge in [-0.1, -0.05) is 13.3 Å². The first-order valence-electron chi connectivity index (χ1n) is 7.69. The summed E-state index contributed by atoms with van der Waals surface area (Å²) in [6, 6.07) is 0.542. The van der Waals surface area contributed by atoms with E-state index >= 15 is 0 Å². The normalized spacial score (nSPS) is 47.2. The summed E-state index contributed by atoms with van der Waals surface area (Å²) < 4.78 is 0. The van der Waals surface area contributed by atoms with Gasteiger partial charge in [0.15, 0.2) is 0 Å². The first kappa shape index (κ1) is 12.5. The standard InChI is InChI=1S/C15H26N2O/c1-9-2-5-13(16)12(6-9)15(18)17-14-8-10-3-4-11(14)7-10/h9-14H,2-8,16H2,1H3,(H,17,18). The third-order valence-corrected chi connectivity index (χ3v) is 5.57. The molecule has 6 atom stereocenters. The van der Waals surface area contributed by atoms with Gasteiger partial charge in [-0.25, -0.2) is 0 Å². The summed E-state index contributed by atoms with van der Waals surface area (Å²) in [5.41, 5.74) is 6.13. The summed E-state index contributed by atoms with van der Waals surface area (Å²) in [6.07, 6.45) is 8.44. The van der Waals surface area contributed by atoms with E-state index in [1.165, 1.54) is 32.1 Å². The zero-order valence-corrected chi connectivity index (χ0v) is 11.4. The lowest BCUT2D eigenvalue weighted by Gasteiger charge is -2.33. The molecule has 0 aliphatic heterocycles. The van der Waals surface area contributed by atoms with Crippen LogP contribution in [0.2, 0.25) is 0 Å². The van der Waals surface area contributed by atoms with Crippen LogP contribution in [0.5, 0.6) is 0 Å². The average Bonchev–Trinajstić information content (AvgIpc) is 2.94. The minimum absolute atomic E-state index is 0.0628. The third-order valence-electron chi connectivity index (χ3n) is 5.57. The Kier molecular flexibility index (Phi) is 3.35. The number of hydrogen-bond donors (Lipinski definition) is 2. The van der Waals surface area contributed by atoms with E-state index in [4.69, 9.17) is 5.73 Å². The summed E-state index contributed by atoms with van der Waals surface area (Å²) in [7, 11) is 0. The predicted octanol–water partition coefficient (Wildman–Crippen LogP) is 2.05. The summed E-state index contributed by atoms with van der Waals surface area (Å²) in [5.74, 6) is 2.61. The molecule has 6 unspecified atom stereocenters. The van der Waals surface area contributed by atoms with Gasteiger partial charge in [0.1, 0.15) is 0 Å². The molecule has 0 spiro atoms. The molecule has 3 N–H and O–H groups in total. The molecule has 3 saturated carbocycles. The minimum Gasteiger partial charge on any atom is -0.353 e. The van der Waals surface area contributed by atoms with E-state index in [1.54, 1.807) is 0 Å². The lowest BCUT2D eigenvalue weighted by atomic mass is 9.78. The summed E-state index contributed by atoms with van der Waals surface area (Å²) in [5, 5.41) is 3.31. The number of rotatable bonds is 2. The van der Waals surface area contributed by atoms with Crippen LogP contribution in [0, 0.1) is 23.7 Å². The van der Waals surface area contributed by atoms with Crippen LogP contribution < -0.4 is 11.1 Å². The van der Waals surface area contributed by atoms with Gasteiger partial charge in [-0.3, -0.25) is 4.79 Å². The maximum atomic E-state index is 12.4. The van der Waals surface area contributed by atoms with Crippen LogP contribution in [-0.2, 0) is 4.79 Å². The van der Waals surface area contributed by atoms with Crippen LogP contribution in [0.4, 0.5) is 0 Å². The molecule has 0 heterocycles. The second-order valence-corrected chi connectivity index (χ2v) is 6.98. The first-order valence-corrected chi connectivity index (χ1v) is 7.69. The molecule has 3 heteroatoms. The molecule has 0 saturated heterocycles. The Morgan fingerprint density at radius 3 is 2.61 bits per heavy atom. The first-order chi connectivity index (χ1) is 8.63. The molecule has 3 nitrogen and oxygen atoms in total. The molecule has 0 radical (unpaired) electrons. The highest BCUT2D eigenvalue weighted by molar-refractivity contribution is 5.80. The molecule has 0 aromatic heterocycles. The molecular formula is C15H26N2O. The van der Waals surface area contributed by atoms with Crippen LogP contribution in [0.25, 0.3) is 0 Å². The van der Waals surface area contributed by atoms with E-state index < -0.39 is 0 Å². The van der Waals surface area contributed by atoms with Crippen LogP contribution in [0.15, 0.2) is 0 Å². The van der Waals surface area contributed by atoms with Crippen molar-refractivity contribution in [2.75, 3.05) is 0 Å². The van der Waals surface area contributed by atoms with Gasteiger partial charge in [-0.2, -0.15) is 0 Å². The van der Waals surface area contributed by atoms with Crippen LogP contribution in [-0.4, -0.2) is 18.0 Å². The van der Waals surface area contributed by atoms with Crippen molar-refractivity contribution in [1.82, 2.24) is 5.32 Å². The number of nitrogens with one attached hydrogen (secondary N) is 1. The maximum absolute atomic E-state index is 12.4. The molecule has 2 bridgehead atoms. The van der Waals surface area contributed by atoms with Gasteiger partial charge < -0.3 is 11.1 Å². The van der Waals surface area contributed by atoms with Gasteiger partial charge in [0.25, 0.3) is 0 Å². The van der Waals surface area contributed by atoms with Gasteiger partial charge in [-0.15, -0.1) is 0 Å². The van der Waals surface area contributed by atoms with Gasteiger partial charge in [0.05, 0.1) is 5.92 Å². The number of nitrogens with two attached hydrogens (primary N) is 1. The van der Waals surface area contributed by atoms with E-state index in [0.29, 0.717) is 12.0 Å². The Morgan fingerprint density at radius 1 is 1.11 bits per heavy atom. The second-order valence-electron chi connectivity index (χ2n) is 6.98. The maximum Gasteiger partial charge on any atom is 0.224 e. The smallest absolute Gasteiger partial charge is 0.224 e. The molecule has 3 aliphatic rings. The van der Waals surface area contributed by atoms with Gasteiger partial charge in [-0.05, 0) is 56.3 Å². The Balaban J connectivity index is 1.57. The number of hydrogen-bond acceptors (Lipinski definition) is 2. The van der Waals surface area contributed by atoms with Crippen molar-refractivity contribution in [2.24, 2.45) is 29.4 Å². The number of fused-ring (bicyclic) bond motifs is 2. The molecule has 3 rings (SSSR count). The number of carbonyl (C=O) groups is 1. The Morgan fingerprint density at radius 2 is 1.94 bits per heavy atom. The molecule has 102 valence electrons. The van der Waals surface area contributed by atoms with Crippen molar-refractivity contribution < 1.29 is 4.79 Å². The highest BCUT2D eigenvalue weighted by Gasteiger charge is 2.41. The van der Waals surface area contributed by atoms with Crippen LogP contribution in [0.3, 0.4) is 0 Å². The molecule has 3 aliphatic carbocycles. The summed E-state index contributed by atoms with van der Waals surface area (Å²) in [6.45, 7) is 2.24. The highest BCUT2D eigenvalue weighted by atomic mass is 16.2. The number of carbonyl (C=O) groups excluding carboxylic acids is 1. The largest absolute Gasteiger partial charge is 0.353 e. The fourth-order valence-corrected chi connectivity index (χ4v) is 4.42. The fraction of sp³-hybridized carbons (Fsp3) is 0.933. The molecule has 0 aromatic rings. The fourth-order valence-electron chi connectivity index (χ4n) is 4.42. The van der Waals surface area contributed by atoms with E-state index in [-0.39, 0.29) is 17.9 Å². The van der Waals surface area contributed by atoms with Gasteiger partial charge >= 0.3 is 0 Å². The van der Waals surface area contributed by atoms with E-state index in [1.807, 2.05) is 0 Å². The minimum atomic E-state index is 0.0628. The topological polar surface area (TPSA) is 55.1 Å². The van der Waals surface area contributed by atoms with Gasteiger partial charge in [0.2, 0.25) is 5.91 Å². The Hall–Kier alpha value is -0.570. The second kappa shape index (κ2) is 4.84. The van der Waals surface area contributed by atoms with Crippen LogP contribution >= 0.6 is 0 Å². The van der Waals surface area contributed by atoms with E-state index in [0.717, 1.165) is 24.7 Å². The van der Waals surface area contributed by atoms with E-state index in [2.05, 4.69) is 12.2 Å². The average molecular weight is 250 g/mol. The molecule has 3 fully saturated rings. The van der Waals surface area contributed by atoms with Crippen molar-refractivity contribution in [3.05, 3.63) is 0 Å². The monoisotopic (exact) mass is 250 g/mol. The molecule has 0 aromatic carbocycles. The molecule has 18 heavy (non-hydrogen) atoms. The van der Waals surface area contributed by atoms with Crippen LogP contribution in [0.1, 0.15) is 51.9 Å². The van der Waals surface area contributed by atoms with Gasteiger partial charge in [0, 0.05) is 12.1 Å². The Bertz CT molecular complexity index is 330. The lowest BCUT2D eigenvalue weighted by Crippen LogP contribution is -2.49. The highest BCUT2D eigenvalue weighted by Crippen LogP contribution is 2.44. The zero-order chi connectivity index (χ0) is 12.7. The number of amides is 1.